The van der Waals surface area contributed by atoms with Crippen molar-refractivity contribution in [2.45, 2.75) is 85.4 Å². The van der Waals surface area contributed by atoms with Crippen molar-refractivity contribution in [3.8, 4) is 57.2 Å². The van der Waals surface area contributed by atoms with E-state index in [0.717, 1.165) is 57.3 Å². The number of aryl methyl sites for hydroxylation is 3. The number of nitrogens with zero attached hydrogens (tertiary/aromatic N) is 17. The van der Waals surface area contributed by atoms with Gasteiger partial charge in [0.25, 0.3) is 0 Å². The minimum Gasteiger partial charge on any atom is -0.494 e. The van der Waals surface area contributed by atoms with E-state index in [1.165, 1.54) is 26.4 Å². The van der Waals surface area contributed by atoms with Crippen LogP contribution in [0.15, 0.2) is 73.6 Å². The number of amides is 4. The Hall–Kier alpha value is -13.1. The predicted molar refractivity (Wildman–Crippen MR) is 409 cm³/mol. The molecule has 4 amide bonds. The number of hydrogen-bond donors (Lipinski definition) is 6. The number of carbonyl (C=O) groups excluding carboxylic acids is 7. The first-order chi connectivity index (χ1) is 54.2. The molecule has 6 N–H and O–H groups in total. The van der Waals surface area contributed by atoms with Crippen LogP contribution in [0.4, 0.5) is 63.0 Å². The molecule has 3 aliphatic heterocycles. The molecule has 0 bridgehead atoms. The molecule has 3 aliphatic carbocycles. The van der Waals surface area contributed by atoms with Crippen molar-refractivity contribution in [1.82, 2.24) is 74.9 Å². The van der Waals surface area contributed by atoms with Gasteiger partial charge < -0.3 is 84.3 Å². The van der Waals surface area contributed by atoms with Crippen LogP contribution in [0, 0.1) is 17.8 Å². The second-order valence-electron chi connectivity index (χ2n) is 26.6. The quantitative estimate of drug-likeness (QED) is 0.0149. The van der Waals surface area contributed by atoms with Gasteiger partial charge in [-0.25, -0.2) is 29.3 Å². The maximum Gasteiger partial charge on any atom is 0.361 e. The van der Waals surface area contributed by atoms with Gasteiger partial charge in [-0.3, -0.25) is 33.2 Å². The Morgan fingerprint density at radius 1 is 0.469 bits per heavy atom. The van der Waals surface area contributed by atoms with Gasteiger partial charge in [-0.1, -0.05) is 7.43 Å². The largest absolute Gasteiger partial charge is 0.494 e. The van der Waals surface area contributed by atoms with Crippen molar-refractivity contribution in [3.05, 3.63) is 90.7 Å². The minimum absolute atomic E-state index is 0. The Kier molecular flexibility index (Phi) is 24.8. The maximum atomic E-state index is 12.7. The summed E-state index contributed by atoms with van der Waals surface area (Å²) in [5.41, 5.74) is 5.39. The van der Waals surface area contributed by atoms with Gasteiger partial charge >= 0.3 is 17.9 Å². The fourth-order valence-corrected chi connectivity index (χ4v) is 11.8. The second-order valence-corrected chi connectivity index (χ2v) is 26.6. The van der Waals surface area contributed by atoms with Crippen LogP contribution in [0.25, 0.3) is 34.2 Å². The van der Waals surface area contributed by atoms with Gasteiger partial charge in [-0.15, -0.1) is 30.6 Å². The molecule has 39 heteroatoms. The van der Waals surface area contributed by atoms with Gasteiger partial charge in [0.1, 0.15) is 30.8 Å². The standard InChI is InChI=1S/C25H30N8O5.C24H26N8O5.C24H27N7O6.CH4/c1-5-38-25(35)21-18(10-20(29-30-21)28-24(34)14-6-7-14)27-19-9-15(33-11-16(12-33)36-3)8-17(22(19)37-4)23-26-13-32(2)31-23;1-4-37-24(35)20-16(11-18(28-29-20)27-23(34)13-5-6-13)26-17-10-14(32-8-7-19(32)33)9-15(21(17)36-3)22-25-12-31(2)30-22;1-4-36-24(33)20-17(9-19(28-29-20)27-23(32)13-5-6-13)26-18-8-14(37-15-10-35-11-15)7-16(21(18)34-3)22-25-12-31(2)30-22;/h8-10,13-14,16H,5-7,11-12H2,1-4H3,(H2,27,28,29,34);9-13H,4-8H2,1-3H3,(H2,26,27,28,34);7-9,12-13,15H,4-6,10-11H2,1-3H3,(H2,26,27,28,32);1H4. The SMILES string of the molecule is C.CCOC(=O)c1nnc(NC(=O)C2CC2)cc1Nc1cc(N2CC(OC)C2)cc(-c2ncn(C)n2)c1OC.CCOC(=O)c1nnc(NC(=O)C2CC2)cc1Nc1cc(N2CCC2=O)cc(-c2ncn(C)n2)c1OC.CCOC(=O)c1nnc(NC(=O)C2CC2)cc1Nc1cc(OC2COC2)cc(-c2ncn(C)n2)c1OC. The number of benzene rings is 3. The van der Waals surface area contributed by atoms with Crippen LogP contribution in [0.2, 0.25) is 0 Å². The zero-order chi connectivity index (χ0) is 78.9. The molecule has 0 unspecified atom stereocenters. The highest BCUT2D eigenvalue weighted by atomic mass is 16.6. The Labute approximate surface area is 647 Å². The molecule has 9 heterocycles. The molecule has 6 aliphatic rings. The van der Waals surface area contributed by atoms with Crippen molar-refractivity contribution in [2.24, 2.45) is 38.9 Å². The fraction of sp³-hybridized carbons (Fsp3) is 0.419. The van der Waals surface area contributed by atoms with Crippen LogP contribution >= 0.6 is 0 Å². The molecule has 3 saturated carbocycles. The van der Waals surface area contributed by atoms with E-state index in [0.29, 0.717) is 112 Å². The van der Waals surface area contributed by atoms with E-state index in [9.17, 15) is 33.6 Å². The first kappa shape index (κ1) is 79.5. The van der Waals surface area contributed by atoms with E-state index in [1.807, 2.05) is 12.1 Å². The summed E-state index contributed by atoms with van der Waals surface area (Å²) in [7, 11) is 11.6. The third kappa shape index (κ3) is 18.9. The van der Waals surface area contributed by atoms with Crippen LogP contribution in [-0.2, 0) is 64.0 Å². The molecular formula is C74H87N23O16. The molecule has 9 aromatic rings. The first-order valence-corrected chi connectivity index (χ1v) is 36.2. The van der Waals surface area contributed by atoms with Crippen LogP contribution in [0.3, 0.4) is 0 Å². The van der Waals surface area contributed by atoms with Crippen molar-refractivity contribution in [1.29, 1.82) is 0 Å². The van der Waals surface area contributed by atoms with Gasteiger partial charge in [-0.2, -0.15) is 15.3 Å². The molecule has 0 spiro atoms. The topological polar surface area (TPSA) is 451 Å². The Morgan fingerprint density at radius 2 is 0.841 bits per heavy atom. The van der Waals surface area contributed by atoms with E-state index in [4.69, 9.17) is 42.6 Å². The third-order valence-electron chi connectivity index (χ3n) is 18.2. The summed E-state index contributed by atoms with van der Waals surface area (Å²) in [5.74, 6) is 1.22. The number of carbonyl (C=O) groups is 7. The van der Waals surface area contributed by atoms with E-state index >= 15 is 0 Å². The summed E-state index contributed by atoms with van der Waals surface area (Å²) >= 11 is 0. The van der Waals surface area contributed by atoms with Crippen LogP contribution in [0.1, 0.15) is 105 Å². The lowest BCUT2D eigenvalue weighted by atomic mass is 10.1. The van der Waals surface area contributed by atoms with Crippen LogP contribution in [0.5, 0.6) is 23.0 Å². The highest BCUT2D eigenvalue weighted by molar-refractivity contribution is 6.03. The lowest BCUT2D eigenvalue weighted by molar-refractivity contribution is -0.122. The molecule has 3 aromatic carbocycles. The number of hydrogen-bond acceptors (Lipinski definition) is 32. The van der Waals surface area contributed by atoms with Crippen molar-refractivity contribution < 1.29 is 76.2 Å². The van der Waals surface area contributed by atoms with Crippen molar-refractivity contribution in [2.75, 3.05) is 123 Å². The maximum absolute atomic E-state index is 12.7. The Bertz CT molecular complexity index is 5030. The van der Waals surface area contributed by atoms with Gasteiger partial charge in [0.05, 0.1) is 111 Å². The van der Waals surface area contributed by atoms with Crippen molar-refractivity contribution >= 4 is 104 Å². The molecule has 594 valence electrons. The highest BCUT2D eigenvalue weighted by Gasteiger charge is 2.36. The van der Waals surface area contributed by atoms with E-state index in [-0.39, 0.29) is 127 Å². The second kappa shape index (κ2) is 35.3. The zero-order valence-corrected chi connectivity index (χ0v) is 63.1. The number of rotatable bonds is 29. The molecule has 39 nitrogen and oxygen atoms in total. The fourth-order valence-electron chi connectivity index (χ4n) is 11.8. The van der Waals surface area contributed by atoms with Gasteiger partial charge in [0, 0.05) is 108 Å². The Balaban J connectivity index is 0.000000156. The number of aromatic nitrogens is 15. The molecule has 0 atom stereocenters. The zero-order valence-electron chi connectivity index (χ0n) is 63.1. The summed E-state index contributed by atoms with van der Waals surface area (Å²) < 4.78 is 54.3. The lowest BCUT2D eigenvalue weighted by Gasteiger charge is -2.40. The van der Waals surface area contributed by atoms with E-state index in [2.05, 4.69) is 97.6 Å². The number of β-lactam (4-membered cyclic amide) rings is 1. The molecule has 6 fully saturated rings. The van der Waals surface area contributed by atoms with E-state index < -0.39 is 17.9 Å². The molecule has 6 aromatic heterocycles. The summed E-state index contributed by atoms with van der Waals surface area (Å²) in [4.78, 5) is 104. The smallest absolute Gasteiger partial charge is 0.361 e. The number of esters is 3. The minimum atomic E-state index is -0.683. The first-order valence-electron chi connectivity index (χ1n) is 36.2. The van der Waals surface area contributed by atoms with Crippen molar-refractivity contribution in [3.63, 3.8) is 0 Å². The molecule has 15 rings (SSSR count). The summed E-state index contributed by atoms with van der Waals surface area (Å²) in [6, 6.07) is 15.5. The number of methoxy groups -OCH3 is 4. The predicted octanol–water partition coefficient (Wildman–Crippen LogP) is 7.63. The summed E-state index contributed by atoms with van der Waals surface area (Å²) in [6.45, 7) is 8.55. The molecule has 3 saturated heterocycles. The average Bonchev–Trinajstić information content (AvgIpc) is 1.58. The average molecular weight is 1550 g/mol. The number of nitrogens with one attached hydrogen (secondary N) is 6. The monoisotopic (exact) mass is 1550 g/mol. The normalized spacial score (nSPS) is 14.8. The number of anilines is 11. The van der Waals surface area contributed by atoms with E-state index in [1.54, 1.807) is 124 Å². The highest BCUT2D eigenvalue weighted by Crippen LogP contribution is 2.46. The summed E-state index contributed by atoms with van der Waals surface area (Å²) in [6.07, 6.45) is 10.3. The van der Waals surface area contributed by atoms with Gasteiger partial charge in [0.15, 0.2) is 69.3 Å². The molecular weight excluding hydrogens is 1470 g/mol. The number of ether oxygens (including phenoxy) is 9. The van der Waals surface area contributed by atoms with Crippen LogP contribution in [-0.4, -0.2) is 210 Å². The third-order valence-corrected chi connectivity index (χ3v) is 18.2. The molecule has 113 heavy (non-hydrogen) atoms. The molecule has 0 radical (unpaired) electrons. The lowest BCUT2D eigenvalue weighted by Crippen LogP contribution is -2.51. The summed E-state index contributed by atoms with van der Waals surface area (Å²) in [5, 5.41) is 55.4. The van der Waals surface area contributed by atoms with Gasteiger partial charge in [-0.05, 0) is 89.6 Å². The Morgan fingerprint density at radius 3 is 1.15 bits per heavy atom. The van der Waals surface area contributed by atoms with Gasteiger partial charge in [0.2, 0.25) is 23.6 Å². The van der Waals surface area contributed by atoms with Crippen LogP contribution < -0.4 is 60.6 Å².